The van der Waals surface area contributed by atoms with Gasteiger partial charge < -0.3 is 4.74 Å². The third-order valence-electron chi connectivity index (χ3n) is 6.11. The molecule has 1 aromatic heterocycles. The lowest BCUT2D eigenvalue weighted by Gasteiger charge is -2.38. The fourth-order valence-electron chi connectivity index (χ4n) is 4.74. The maximum absolute atomic E-state index is 12.8. The molecule has 0 N–H and O–H groups in total. The van der Waals surface area contributed by atoms with Gasteiger partial charge in [-0.05, 0) is 69.6 Å². The molecule has 0 radical (unpaired) electrons. The van der Waals surface area contributed by atoms with Crippen LogP contribution in [0.5, 0.6) is 0 Å². The van der Waals surface area contributed by atoms with Crippen molar-refractivity contribution in [2.24, 2.45) is 0 Å². The van der Waals surface area contributed by atoms with Crippen LogP contribution < -0.4 is 0 Å². The number of pyridine rings is 1. The lowest BCUT2D eigenvalue weighted by Crippen LogP contribution is -2.42. The van der Waals surface area contributed by atoms with E-state index in [0.717, 1.165) is 36.9 Å². The normalized spacial score (nSPS) is 27.4. The lowest BCUT2D eigenvalue weighted by atomic mass is 9.80. The first-order valence-corrected chi connectivity index (χ1v) is 9.94. The Hall–Kier alpha value is -2.36. The summed E-state index contributed by atoms with van der Waals surface area (Å²) >= 11 is 0. The van der Waals surface area contributed by atoms with Gasteiger partial charge in [0.2, 0.25) is 0 Å². The number of ether oxygens (including phenoxy) is 1. The predicted molar refractivity (Wildman–Crippen MR) is 106 cm³/mol. The number of benzene rings is 1. The van der Waals surface area contributed by atoms with Crippen LogP contribution in [0, 0.1) is 6.92 Å². The second kappa shape index (κ2) is 6.99. The smallest absolute Gasteiger partial charge is 0.411 e. The first-order chi connectivity index (χ1) is 13.0. The molecule has 1 atom stereocenters. The number of hydrogen-bond acceptors (Lipinski definition) is 3. The van der Waals surface area contributed by atoms with E-state index in [0.29, 0.717) is 5.92 Å². The van der Waals surface area contributed by atoms with E-state index in [1.54, 1.807) is 0 Å². The number of cyclic esters (lactones) is 1. The van der Waals surface area contributed by atoms with Gasteiger partial charge in [0.05, 0.1) is 6.04 Å². The van der Waals surface area contributed by atoms with Gasteiger partial charge in [0, 0.05) is 17.9 Å². The van der Waals surface area contributed by atoms with Crippen LogP contribution in [0.4, 0.5) is 4.79 Å². The highest BCUT2D eigenvalue weighted by molar-refractivity contribution is 5.72. The van der Waals surface area contributed by atoms with Crippen LogP contribution in [0.15, 0.2) is 48.7 Å². The van der Waals surface area contributed by atoms with Crippen LogP contribution in [0.2, 0.25) is 0 Å². The number of aromatic nitrogens is 1. The summed E-state index contributed by atoms with van der Waals surface area (Å²) in [7, 11) is 0. The zero-order valence-corrected chi connectivity index (χ0v) is 16.4. The molecule has 2 heterocycles. The molecule has 1 unspecified atom stereocenters. The molecule has 0 bridgehead atoms. The molecule has 4 nitrogen and oxygen atoms in total. The van der Waals surface area contributed by atoms with Crippen molar-refractivity contribution in [1.29, 1.82) is 0 Å². The van der Waals surface area contributed by atoms with Crippen molar-refractivity contribution in [2.75, 3.05) is 0 Å². The van der Waals surface area contributed by atoms with E-state index < -0.39 is 5.60 Å². The maximum Gasteiger partial charge on any atom is 0.411 e. The molecule has 2 aromatic rings. The highest BCUT2D eigenvalue weighted by Gasteiger charge is 2.51. The number of hydrogen-bond donors (Lipinski definition) is 0. The molecular weight excluding hydrogens is 336 g/mol. The molecule has 4 rings (SSSR count). The Morgan fingerprint density at radius 3 is 2.33 bits per heavy atom. The van der Waals surface area contributed by atoms with Gasteiger partial charge in [-0.15, -0.1) is 0 Å². The Labute approximate surface area is 161 Å². The van der Waals surface area contributed by atoms with Crippen molar-refractivity contribution in [3.05, 3.63) is 65.5 Å². The molecule has 142 valence electrons. The van der Waals surface area contributed by atoms with Crippen LogP contribution >= 0.6 is 0 Å². The van der Waals surface area contributed by atoms with E-state index in [1.165, 1.54) is 5.56 Å². The third-order valence-corrected chi connectivity index (χ3v) is 6.11. The Morgan fingerprint density at radius 1 is 1.00 bits per heavy atom. The molecule has 4 heteroatoms. The molecule has 1 aromatic carbocycles. The molecule has 1 aliphatic carbocycles. The molecule has 1 saturated heterocycles. The fourth-order valence-corrected chi connectivity index (χ4v) is 4.74. The average Bonchev–Trinajstić information content (AvgIpc) is 2.91. The van der Waals surface area contributed by atoms with Crippen molar-refractivity contribution in [2.45, 2.75) is 70.1 Å². The molecule has 1 aliphatic heterocycles. The number of aryl methyl sites for hydroxylation is 1. The van der Waals surface area contributed by atoms with Gasteiger partial charge in [-0.2, -0.15) is 0 Å². The first kappa shape index (κ1) is 18.0. The van der Waals surface area contributed by atoms with E-state index in [1.807, 2.05) is 50.1 Å². The third kappa shape index (κ3) is 3.45. The number of carbonyl (C=O) groups is 1. The Balaban J connectivity index is 1.52. The maximum atomic E-state index is 12.8. The minimum Gasteiger partial charge on any atom is -0.441 e. The second-order valence-corrected chi connectivity index (χ2v) is 8.43. The van der Waals surface area contributed by atoms with Gasteiger partial charge >= 0.3 is 6.09 Å². The number of carbonyl (C=O) groups excluding carboxylic acids is 1. The van der Waals surface area contributed by atoms with Crippen molar-refractivity contribution in [1.82, 2.24) is 9.88 Å². The molecule has 27 heavy (non-hydrogen) atoms. The number of nitrogens with zero attached hydrogens (tertiary/aromatic N) is 2. The van der Waals surface area contributed by atoms with E-state index in [2.05, 4.69) is 29.2 Å². The second-order valence-electron chi connectivity index (χ2n) is 8.43. The highest BCUT2D eigenvalue weighted by atomic mass is 16.6. The molecule has 0 spiro atoms. The molecule has 2 aliphatic rings. The first-order valence-electron chi connectivity index (χ1n) is 9.94. The summed E-state index contributed by atoms with van der Waals surface area (Å²) in [4.78, 5) is 19.2. The standard InChI is InChI=1S/C23H28N2O2/c1-16-9-10-19(15-24-16)17-11-13-20(14-12-17)25-21(18-7-5-4-6-8-18)23(2,3)27-22(25)26/h4-10,15,17,20-21H,11-14H2,1-3H3. The fraction of sp³-hybridized carbons (Fsp3) is 0.478. The zero-order valence-electron chi connectivity index (χ0n) is 16.4. The minimum absolute atomic E-state index is 0.0335. The van der Waals surface area contributed by atoms with Crippen LogP contribution in [-0.4, -0.2) is 27.6 Å². The SMILES string of the molecule is Cc1ccc(C2CCC(N3C(=O)OC(C)(C)C3c3ccccc3)CC2)cn1. The van der Waals surface area contributed by atoms with Crippen LogP contribution in [0.3, 0.4) is 0 Å². The zero-order chi connectivity index (χ0) is 19.0. The van der Waals surface area contributed by atoms with Crippen molar-refractivity contribution >= 4 is 6.09 Å². The van der Waals surface area contributed by atoms with Crippen molar-refractivity contribution in [3.63, 3.8) is 0 Å². The van der Waals surface area contributed by atoms with Crippen LogP contribution in [0.1, 0.15) is 68.3 Å². The van der Waals surface area contributed by atoms with Crippen molar-refractivity contribution in [3.8, 4) is 0 Å². The predicted octanol–water partition coefficient (Wildman–Crippen LogP) is 5.39. The average molecular weight is 364 g/mol. The van der Waals surface area contributed by atoms with Gasteiger partial charge in [0.15, 0.2) is 0 Å². The summed E-state index contributed by atoms with van der Waals surface area (Å²) in [5.74, 6) is 0.538. The highest BCUT2D eigenvalue weighted by Crippen LogP contribution is 2.45. The van der Waals surface area contributed by atoms with Gasteiger partial charge in [-0.1, -0.05) is 36.4 Å². The van der Waals surface area contributed by atoms with Gasteiger partial charge in [-0.25, -0.2) is 4.79 Å². The van der Waals surface area contributed by atoms with Crippen LogP contribution in [0.25, 0.3) is 0 Å². The van der Waals surface area contributed by atoms with Gasteiger partial charge in [0.25, 0.3) is 0 Å². The van der Waals surface area contributed by atoms with E-state index >= 15 is 0 Å². The van der Waals surface area contributed by atoms with Crippen LogP contribution in [-0.2, 0) is 4.74 Å². The minimum atomic E-state index is -0.518. The lowest BCUT2D eigenvalue weighted by molar-refractivity contribution is 0.0664. The number of rotatable bonds is 3. The molecular formula is C23H28N2O2. The Morgan fingerprint density at radius 2 is 1.70 bits per heavy atom. The van der Waals surface area contributed by atoms with Gasteiger partial charge in [0.1, 0.15) is 5.60 Å². The molecule has 1 saturated carbocycles. The van der Waals surface area contributed by atoms with E-state index in [9.17, 15) is 4.79 Å². The summed E-state index contributed by atoms with van der Waals surface area (Å²) in [5.41, 5.74) is 3.01. The summed E-state index contributed by atoms with van der Waals surface area (Å²) in [5, 5.41) is 0. The van der Waals surface area contributed by atoms with E-state index in [4.69, 9.17) is 4.74 Å². The van der Waals surface area contributed by atoms with E-state index in [-0.39, 0.29) is 18.2 Å². The Bertz CT molecular complexity index is 793. The molecule has 2 fully saturated rings. The quantitative estimate of drug-likeness (QED) is 0.733. The molecule has 1 amide bonds. The topological polar surface area (TPSA) is 42.4 Å². The summed E-state index contributed by atoms with van der Waals surface area (Å²) in [6.45, 7) is 6.06. The van der Waals surface area contributed by atoms with Crippen molar-refractivity contribution < 1.29 is 9.53 Å². The summed E-state index contributed by atoms with van der Waals surface area (Å²) < 4.78 is 5.78. The largest absolute Gasteiger partial charge is 0.441 e. The van der Waals surface area contributed by atoms with Gasteiger partial charge in [-0.3, -0.25) is 9.88 Å². The Kier molecular flexibility index (Phi) is 4.67. The summed E-state index contributed by atoms with van der Waals surface area (Å²) in [6, 6.07) is 14.8. The number of amides is 1. The monoisotopic (exact) mass is 364 g/mol. The summed E-state index contributed by atoms with van der Waals surface area (Å²) in [6.07, 6.45) is 6.03.